The molecule has 0 bridgehead atoms. The minimum atomic E-state index is 0.189. The van der Waals surface area contributed by atoms with Gasteiger partial charge in [-0.05, 0) is 19.4 Å². The highest BCUT2D eigenvalue weighted by Crippen LogP contribution is 2.22. The third-order valence-electron chi connectivity index (χ3n) is 2.43. The van der Waals surface area contributed by atoms with E-state index >= 15 is 0 Å². The summed E-state index contributed by atoms with van der Waals surface area (Å²) in [4.78, 5) is 8.22. The van der Waals surface area contributed by atoms with Crippen LogP contribution >= 0.6 is 0 Å². The van der Waals surface area contributed by atoms with Crippen molar-refractivity contribution < 1.29 is 4.52 Å². The molecule has 1 aliphatic heterocycles. The molecule has 1 aliphatic rings. The number of hydrogen-bond acceptors (Lipinski definition) is 6. The third-order valence-corrected chi connectivity index (χ3v) is 2.43. The second-order valence-electron chi connectivity index (χ2n) is 3.44. The van der Waals surface area contributed by atoms with Gasteiger partial charge in [0.15, 0.2) is 5.82 Å². The van der Waals surface area contributed by atoms with Crippen LogP contribution in [0.25, 0.3) is 11.6 Å². The molecule has 15 heavy (non-hydrogen) atoms. The highest BCUT2D eigenvalue weighted by atomic mass is 16.5. The normalized spacial score (nSPS) is 20.9. The summed E-state index contributed by atoms with van der Waals surface area (Å²) in [7, 11) is 0. The Bertz CT molecular complexity index is 430. The zero-order valence-electron chi connectivity index (χ0n) is 7.97. The quantitative estimate of drug-likeness (QED) is 0.733. The van der Waals surface area contributed by atoms with E-state index in [9.17, 15) is 0 Å². The second-order valence-corrected chi connectivity index (χ2v) is 3.44. The zero-order valence-corrected chi connectivity index (χ0v) is 7.97. The monoisotopic (exact) mass is 206 g/mol. The molecule has 1 atom stereocenters. The van der Waals surface area contributed by atoms with Crippen LogP contribution in [0, 0.1) is 0 Å². The number of rotatable bonds is 2. The molecule has 3 rings (SSSR count). The van der Waals surface area contributed by atoms with Gasteiger partial charge in [-0.1, -0.05) is 5.16 Å². The topological polar surface area (TPSA) is 92.5 Å². The summed E-state index contributed by atoms with van der Waals surface area (Å²) < 4.78 is 5.16. The lowest BCUT2D eigenvalue weighted by Gasteiger charge is -2.00. The molecule has 2 aromatic heterocycles. The van der Waals surface area contributed by atoms with Crippen molar-refractivity contribution in [2.75, 3.05) is 6.54 Å². The summed E-state index contributed by atoms with van der Waals surface area (Å²) in [6.07, 6.45) is 3.60. The van der Waals surface area contributed by atoms with Gasteiger partial charge in [0.1, 0.15) is 6.33 Å². The van der Waals surface area contributed by atoms with Crippen LogP contribution in [-0.4, -0.2) is 31.9 Å². The molecule has 0 aromatic carbocycles. The fourth-order valence-electron chi connectivity index (χ4n) is 1.68. The molecule has 0 aliphatic carbocycles. The van der Waals surface area contributed by atoms with E-state index in [1.54, 1.807) is 0 Å². The first-order valence-corrected chi connectivity index (χ1v) is 4.86. The molecule has 0 amide bonds. The van der Waals surface area contributed by atoms with Crippen molar-refractivity contribution in [1.82, 2.24) is 30.6 Å². The van der Waals surface area contributed by atoms with Gasteiger partial charge >= 0.3 is 0 Å². The van der Waals surface area contributed by atoms with E-state index in [1.165, 1.54) is 6.33 Å². The molecule has 1 fully saturated rings. The Hall–Kier alpha value is -1.76. The zero-order chi connectivity index (χ0) is 10.1. The van der Waals surface area contributed by atoms with Gasteiger partial charge in [-0.15, -0.1) is 0 Å². The van der Waals surface area contributed by atoms with E-state index in [1.807, 2.05) is 0 Å². The predicted octanol–water partition coefficient (Wildman–Crippen LogP) is 0.279. The minimum absolute atomic E-state index is 0.189. The van der Waals surface area contributed by atoms with Gasteiger partial charge in [0.25, 0.3) is 0 Å². The van der Waals surface area contributed by atoms with Crippen molar-refractivity contribution >= 4 is 0 Å². The third kappa shape index (κ3) is 1.50. The molecular weight excluding hydrogens is 196 g/mol. The summed E-state index contributed by atoms with van der Waals surface area (Å²) in [6.45, 7) is 1.00. The molecule has 0 unspecified atom stereocenters. The summed E-state index contributed by atoms with van der Waals surface area (Å²) in [5, 5.41) is 13.6. The fraction of sp³-hybridized carbons (Fsp3) is 0.500. The van der Waals surface area contributed by atoms with Crippen LogP contribution in [0.1, 0.15) is 24.8 Å². The SMILES string of the molecule is c1n[nH]c(-c2noc([C@H]3CCCN3)n2)n1. The molecule has 2 aromatic rings. The number of aromatic amines is 1. The van der Waals surface area contributed by atoms with Crippen LogP contribution in [-0.2, 0) is 0 Å². The standard InChI is InChI=1S/C8H10N6O/c1-2-5(9-3-1)8-12-7(14-15-8)6-10-4-11-13-6/h4-5,9H,1-3H2,(H,10,11,13)/t5-/m1/s1. The van der Waals surface area contributed by atoms with Crippen LogP contribution in [0.2, 0.25) is 0 Å². The second kappa shape index (κ2) is 3.43. The predicted molar refractivity (Wildman–Crippen MR) is 49.7 cm³/mol. The molecule has 7 nitrogen and oxygen atoms in total. The highest BCUT2D eigenvalue weighted by molar-refractivity contribution is 5.39. The molecule has 0 radical (unpaired) electrons. The first-order chi connectivity index (χ1) is 7.43. The van der Waals surface area contributed by atoms with Crippen molar-refractivity contribution in [3.05, 3.63) is 12.2 Å². The molecule has 2 N–H and O–H groups in total. The maximum absolute atomic E-state index is 5.16. The van der Waals surface area contributed by atoms with E-state index < -0.39 is 0 Å². The average molecular weight is 206 g/mol. The maximum Gasteiger partial charge on any atom is 0.244 e. The van der Waals surface area contributed by atoms with E-state index in [-0.39, 0.29) is 6.04 Å². The van der Waals surface area contributed by atoms with E-state index in [0.29, 0.717) is 17.5 Å². The Morgan fingerprint density at radius 1 is 1.47 bits per heavy atom. The fourth-order valence-corrected chi connectivity index (χ4v) is 1.68. The number of hydrogen-bond donors (Lipinski definition) is 2. The van der Waals surface area contributed by atoms with Gasteiger partial charge < -0.3 is 9.84 Å². The molecule has 78 valence electrons. The Labute approximate surface area is 85.3 Å². The molecule has 0 saturated carbocycles. The Morgan fingerprint density at radius 2 is 2.47 bits per heavy atom. The first kappa shape index (κ1) is 8.54. The van der Waals surface area contributed by atoms with Gasteiger partial charge in [-0.3, -0.25) is 5.10 Å². The first-order valence-electron chi connectivity index (χ1n) is 4.86. The van der Waals surface area contributed by atoms with Gasteiger partial charge in [0.05, 0.1) is 6.04 Å². The Balaban J connectivity index is 1.87. The molecule has 0 spiro atoms. The number of H-pyrrole nitrogens is 1. The van der Waals surface area contributed by atoms with Crippen LogP contribution in [0.3, 0.4) is 0 Å². The van der Waals surface area contributed by atoms with Gasteiger partial charge in [-0.25, -0.2) is 4.98 Å². The van der Waals surface area contributed by atoms with Crippen molar-refractivity contribution in [3.8, 4) is 11.6 Å². The van der Waals surface area contributed by atoms with Crippen molar-refractivity contribution in [3.63, 3.8) is 0 Å². The largest absolute Gasteiger partial charge is 0.337 e. The van der Waals surface area contributed by atoms with Crippen LogP contribution < -0.4 is 5.32 Å². The van der Waals surface area contributed by atoms with Gasteiger partial charge in [0, 0.05) is 0 Å². The van der Waals surface area contributed by atoms with E-state index in [0.717, 1.165) is 19.4 Å². The number of nitrogens with zero attached hydrogens (tertiary/aromatic N) is 4. The van der Waals surface area contributed by atoms with Crippen LogP contribution in [0.5, 0.6) is 0 Å². The van der Waals surface area contributed by atoms with Crippen molar-refractivity contribution in [1.29, 1.82) is 0 Å². The lowest BCUT2D eigenvalue weighted by molar-refractivity contribution is 0.344. The molecule has 1 saturated heterocycles. The number of aromatic nitrogens is 5. The van der Waals surface area contributed by atoms with Crippen molar-refractivity contribution in [2.45, 2.75) is 18.9 Å². The summed E-state index contributed by atoms with van der Waals surface area (Å²) in [6, 6.07) is 0.189. The lowest BCUT2D eigenvalue weighted by atomic mass is 10.2. The molecule has 3 heterocycles. The van der Waals surface area contributed by atoms with Gasteiger partial charge in [-0.2, -0.15) is 10.1 Å². The number of nitrogens with one attached hydrogen (secondary N) is 2. The average Bonchev–Trinajstić information content (AvgIpc) is 3.02. The highest BCUT2D eigenvalue weighted by Gasteiger charge is 2.23. The summed E-state index contributed by atoms with van der Waals surface area (Å²) in [5.41, 5.74) is 0. The van der Waals surface area contributed by atoms with E-state index in [2.05, 4.69) is 30.6 Å². The minimum Gasteiger partial charge on any atom is -0.337 e. The van der Waals surface area contributed by atoms with Gasteiger partial charge in [0.2, 0.25) is 11.7 Å². The van der Waals surface area contributed by atoms with Crippen molar-refractivity contribution in [2.24, 2.45) is 0 Å². The molecular formula is C8H10N6O. The molecule has 7 heteroatoms. The van der Waals surface area contributed by atoms with Crippen LogP contribution in [0.4, 0.5) is 0 Å². The van der Waals surface area contributed by atoms with E-state index in [4.69, 9.17) is 4.52 Å². The smallest absolute Gasteiger partial charge is 0.244 e. The Kier molecular flexibility index (Phi) is 1.95. The maximum atomic E-state index is 5.16. The summed E-state index contributed by atoms with van der Waals surface area (Å²) >= 11 is 0. The summed E-state index contributed by atoms with van der Waals surface area (Å²) in [5.74, 6) is 1.61. The Morgan fingerprint density at radius 3 is 3.20 bits per heavy atom. The van der Waals surface area contributed by atoms with Crippen LogP contribution in [0.15, 0.2) is 10.9 Å². The lowest BCUT2D eigenvalue weighted by Crippen LogP contribution is -2.12.